The number of nitrogens with one attached hydrogen (secondary N) is 2. The highest BCUT2D eigenvalue weighted by atomic mass is 16.6. The van der Waals surface area contributed by atoms with Crippen LogP contribution < -0.4 is 32.8 Å². The third-order valence-electron chi connectivity index (χ3n) is 2.10. The SMILES string of the molecule is C#CNc1c(N)c(N)c(ONC)c(N)c1N=C. The first-order chi connectivity index (χ1) is 8.08. The zero-order valence-electron chi connectivity index (χ0n) is 9.37. The van der Waals surface area contributed by atoms with E-state index in [2.05, 4.69) is 28.6 Å². The van der Waals surface area contributed by atoms with Gasteiger partial charge < -0.3 is 27.4 Å². The highest BCUT2D eigenvalue weighted by molar-refractivity contribution is 6.00. The Balaban J connectivity index is 3.56. The molecule has 0 unspecified atom stereocenters. The van der Waals surface area contributed by atoms with Gasteiger partial charge >= 0.3 is 0 Å². The van der Waals surface area contributed by atoms with Gasteiger partial charge in [0.2, 0.25) is 0 Å². The molecular formula is C10H14N6O. The average Bonchev–Trinajstić information content (AvgIpc) is 2.32. The molecule has 0 saturated heterocycles. The Morgan fingerprint density at radius 2 is 1.94 bits per heavy atom. The minimum atomic E-state index is 0.169. The van der Waals surface area contributed by atoms with Crippen LogP contribution in [0.1, 0.15) is 0 Å². The predicted octanol–water partition coefficient (Wildman–Crippen LogP) is 0.281. The number of terminal acetylenes is 1. The van der Waals surface area contributed by atoms with E-state index in [9.17, 15) is 0 Å². The third-order valence-corrected chi connectivity index (χ3v) is 2.10. The lowest BCUT2D eigenvalue weighted by Crippen LogP contribution is -2.15. The van der Waals surface area contributed by atoms with Crippen molar-refractivity contribution in [2.24, 2.45) is 4.99 Å². The summed E-state index contributed by atoms with van der Waals surface area (Å²) in [6, 6.07) is 2.22. The smallest absolute Gasteiger partial charge is 0.197 e. The van der Waals surface area contributed by atoms with Gasteiger partial charge in [-0.05, 0) is 6.72 Å². The van der Waals surface area contributed by atoms with Gasteiger partial charge in [-0.1, -0.05) is 6.42 Å². The molecule has 1 aromatic rings. The highest BCUT2D eigenvalue weighted by Crippen LogP contribution is 2.47. The van der Waals surface area contributed by atoms with E-state index in [-0.39, 0.29) is 22.8 Å². The highest BCUT2D eigenvalue weighted by Gasteiger charge is 2.20. The van der Waals surface area contributed by atoms with E-state index in [4.69, 9.17) is 28.5 Å². The number of aliphatic imine (C=N–C) groups is 1. The van der Waals surface area contributed by atoms with Gasteiger partial charge in [0.15, 0.2) is 5.75 Å². The molecule has 0 heterocycles. The fourth-order valence-electron chi connectivity index (χ4n) is 1.35. The second kappa shape index (κ2) is 4.96. The number of nitrogens with zero attached hydrogens (tertiary/aromatic N) is 1. The summed E-state index contributed by atoms with van der Waals surface area (Å²) in [4.78, 5) is 8.83. The van der Waals surface area contributed by atoms with Crippen LogP contribution in [0.2, 0.25) is 0 Å². The van der Waals surface area contributed by atoms with Crippen molar-refractivity contribution >= 4 is 35.2 Å². The van der Waals surface area contributed by atoms with E-state index in [1.54, 1.807) is 7.05 Å². The molecule has 0 saturated carbocycles. The van der Waals surface area contributed by atoms with Crippen LogP contribution in [0.15, 0.2) is 4.99 Å². The molecule has 0 bridgehead atoms. The topological polar surface area (TPSA) is 124 Å². The molecule has 7 heteroatoms. The number of hydrogen-bond acceptors (Lipinski definition) is 7. The van der Waals surface area contributed by atoms with Crippen molar-refractivity contribution in [2.75, 3.05) is 29.6 Å². The van der Waals surface area contributed by atoms with Crippen LogP contribution in [0.25, 0.3) is 0 Å². The quantitative estimate of drug-likeness (QED) is 0.168. The van der Waals surface area contributed by atoms with Crippen LogP contribution in [-0.4, -0.2) is 13.8 Å². The van der Waals surface area contributed by atoms with Crippen LogP contribution in [0.3, 0.4) is 0 Å². The summed E-state index contributed by atoms with van der Waals surface area (Å²) in [5.74, 6) is 0.190. The molecule has 0 aromatic heterocycles. The van der Waals surface area contributed by atoms with Crippen LogP contribution in [0.4, 0.5) is 28.4 Å². The molecule has 8 N–H and O–H groups in total. The zero-order valence-corrected chi connectivity index (χ0v) is 9.37. The molecule has 0 radical (unpaired) electrons. The van der Waals surface area contributed by atoms with Crippen LogP contribution in [-0.2, 0) is 0 Å². The number of nitrogens with two attached hydrogens (primary N) is 3. The van der Waals surface area contributed by atoms with E-state index in [0.717, 1.165) is 0 Å². The van der Waals surface area contributed by atoms with E-state index < -0.39 is 0 Å². The second-order valence-electron chi connectivity index (χ2n) is 3.03. The normalized spacial score (nSPS) is 9.41. The van der Waals surface area contributed by atoms with E-state index in [0.29, 0.717) is 11.4 Å². The zero-order chi connectivity index (χ0) is 13.0. The molecule has 0 amide bonds. The van der Waals surface area contributed by atoms with Crippen molar-refractivity contribution in [2.45, 2.75) is 0 Å². The summed E-state index contributed by atoms with van der Waals surface area (Å²) < 4.78 is 0. The van der Waals surface area contributed by atoms with Crippen molar-refractivity contribution in [3.8, 4) is 18.2 Å². The molecule has 90 valence electrons. The molecule has 7 nitrogen and oxygen atoms in total. The minimum absolute atomic E-state index is 0.169. The van der Waals surface area contributed by atoms with Gasteiger partial charge in [0.1, 0.15) is 17.1 Å². The molecule has 0 aliphatic rings. The van der Waals surface area contributed by atoms with Gasteiger partial charge in [-0.15, -0.1) is 0 Å². The fraction of sp³-hybridized carbons (Fsp3) is 0.100. The Hall–Kier alpha value is -2.59. The number of nitrogen functional groups attached to an aromatic ring is 3. The number of rotatable bonds is 4. The summed E-state index contributed by atoms with van der Waals surface area (Å²) in [5, 5.41) is 2.58. The predicted molar refractivity (Wildman–Crippen MR) is 71.0 cm³/mol. The Morgan fingerprint density at radius 3 is 2.41 bits per heavy atom. The minimum Gasteiger partial charge on any atom is -0.404 e. The Morgan fingerprint density at radius 1 is 1.29 bits per heavy atom. The van der Waals surface area contributed by atoms with Crippen molar-refractivity contribution in [3.63, 3.8) is 0 Å². The molecule has 0 aliphatic heterocycles. The summed E-state index contributed by atoms with van der Waals surface area (Å²) >= 11 is 0. The molecule has 0 fully saturated rings. The van der Waals surface area contributed by atoms with Crippen molar-refractivity contribution < 1.29 is 4.84 Å². The Bertz CT molecular complexity index is 491. The van der Waals surface area contributed by atoms with Crippen LogP contribution in [0.5, 0.6) is 5.75 Å². The number of hydrogen-bond donors (Lipinski definition) is 5. The molecule has 1 rings (SSSR count). The van der Waals surface area contributed by atoms with Gasteiger partial charge in [-0.25, -0.2) is 0 Å². The average molecular weight is 234 g/mol. The second-order valence-corrected chi connectivity index (χ2v) is 3.03. The molecule has 0 spiro atoms. The molecule has 17 heavy (non-hydrogen) atoms. The molecule has 1 aromatic carbocycles. The van der Waals surface area contributed by atoms with Gasteiger partial charge in [0.05, 0.1) is 11.4 Å². The first-order valence-corrected chi connectivity index (χ1v) is 4.60. The first kappa shape index (κ1) is 12.5. The maximum atomic E-state index is 5.84. The Labute approximate surface area is 99.0 Å². The van der Waals surface area contributed by atoms with Crippen LogP contribution in [0, 0.1) is 12.5 Å². The summed E-state index contributed by atoms with van der Waals surface area (Å²) in [6.07, 6.45) is 5.15. The van der Waals surface area contributed by atoms with E-state index in [1.165, 1.54) is 0 Å². The largest absolute Gasteiger partial charge is 0.404 e. The van der Waals surface area contributed by atoms with Gasteiger partial charge in [-0.2, -0.15) is 5.48 Å². The van der Waals surface area contributed by atoms with Gasteiger partial charge in [0, 0.05) is 13.1 Å². The lowest BCUT2D eigenvalue weighted by Gasteiger charge is -2.17. The van der Waals surface area contributed by atoms with Crippen molar-refractivity contribution in [1.29, 1.82) is 0 Å². The molecular weight excluding hydrogens is 220 g/mol. The van der Waals surface area contributed by atoms with E-state index in [1.807, 2.05) is 0 Å². The fourth-order valence-corrected chi connectivity index (χ4v) is 1.35. The van der Waals surface area contributed by atoms with Gasteiger partial charge in [-0.3, -0.25) is 4.99 Å². The number of hydroxylamine groups is 1. The number of benzene rings is 1. The maximum Gasteiger partial charge on any atom is 0.197 e. The summed E-state index contributed by atoms with van der Waals surface area (Å²) in [7, 11) is 1.56. The van der Waals surface area contributed by atoms with Gasteiger partial charge in [0.25, 0.3) is 0 Å². The van der Waals surface area contributed by atoms with Crippen molar-refractivity contribution in [3.05, 3.63) is 0 Å². The lowest BCUT2D eigenvalue weighted by molar-refractivity contribution is 0.227. The maximum absolute atomic E-state index is 5.84. The lowest BCUT2D eigenvalue weighted by atomic mass is 10.1. The van der Waals surface area contributed by atoms with E-state index >= 15 is 0 Å². The first-order valence-electron chi connectivity index (χ1n) is 4.60. The standard InChI is InChI=1S/C10H14N6O/c1-4-16-9-5(11)6(12)10(17-15-3)7(13)8(9)14-2/h1,15-16H,2,11-13H2,3H3. The molecule has 0 atom stereocenters. The summed E-state index contributed by atoms with van der Waals surface area (Å²) in [6.45, 7) is 3.40. The summed E-state index contributed by atoms with van der Waals surface area (Å²) in [5.41, 5.74) is 21.1. The van der Waals surface area contributed by atoms with Crippen molar-refractivity contribution in [1.82, 2.24) is 5.48 Å². The molecule has 0 aliphatic carbocycles. The monoisotopic (exact) mass is 234 g/mol. The third kappa shape index (κ3) is 2.02. The number of anilines is 4. The van der Waals surface area contributed by atoms with Crippen LogP contribution >= 0.6 is 0 Å². The Kier molecular flexibility index (Phi) is 3.64.